The van der Waals surface area contributed by atoms with Crippen molar-refractivity contribution >= 4 is 5.91 Å². The molecule has 1 aromatic carbocycles. The number of carbonyl (C=O) groups excluding carboxylic acids is 1. The highest BCUT2D eigenvalue weighted by Gasteiger charge is 2.35. The first-order valence-electron chi connectivity index (χ1n) is 10.7. The molecule has 2 heterocycles. The van der Waals surface area contributed by atoms with Gasteiger partial charge < -0.3 is 10.4 Å². The van der Waals surface area contributed by atoms with Gasteiger partial charge in [-0.05, 0) is 32.9 Å². The van der Waals surface area contributed by atoms with Crippen LogP contribution in [0.3, 0.4) is 0 Å². The van der Waals surface area contributed by atoms with E-state index in [1.807, 2.05) is 78.9 Å². The van der Waals surface area contributed by atoms with Gasteiger partial charge in [0.2, 0.25) is 5.75 Å². The van der Waals surface area contributed by atoms with Crippen molar-refractivity contribution in [2.75, 3.05) is 13.6 Å². The van der Waals surface area contributed by atoms with Crippen LogP contribution < -0.4 is 10.9 Å². The van der Waals surface area contributed by atoms with Crippen molar-refractivity contribution in [1.82, 2.24) is 19.8 Å². The first-order valence-corrected chi connectivity index (χ1v) is 10.7. The summed E-state index contributed by atoms with van der Waals surface area (Å²) in [5.41, 5.74) is -0.395. The molecule has 0 spiro atoms. The SMILES string of the molecule is CC.CC.CN1CCCn2c(nc(C(=O)NCc3ccccc3)c(O)c2=O)C1(C)C. The van der Waals surface area contributed by atoms with E-state index in [0.717, 1.165) is 18.5 Å². The number of amides is 1. The van der Waals surface area contributed by atoms with E-state index in [4.69, 9.17) is 0 Å². The molecule has 0 saturated heterocycles. The van der Waals surface area contributed by atoms with Crippen LogP contribution in [-0.2, 0) is 18.6 Å². The van der Waals surface area contributed by atoms with Crippen molar-refractivity contribution in [3.05, 3.63) is 57.8 Å². The number of rotatable bonds is 3. The molecule has 2 aromatic rings. The average molecular weight is 417 g/mol. The van der Waals surface area contributed by atoms with Gasteiger partial charge in [-0.2, -0.15) is 0 Å². The Morgan fingerprint density at radius 3 is 2.33 bits per heavy atom. The minimum atomic E-state index is -0.598. The first kappa shape index (κ1) is 25.4. The number of hydrogen-bond acceptors (Lipinski definition) is 5. The molecular weight excluding hydrogens is 380 g/mol. The second-order valence-electron chi connectivity index (χ2n) is 7.09. The Balaban J connectivity index is 0.00000106. The molecule has 166 valence electrons. The normalized spacial score (nSPS) is 14.8. The lowest BCUT2D eigenvalue weighted by molar-refractivity contribution is 0.0939. The van der Waals surface area contributed by atoms with Crippen LogP contribution >= 0.6 is 0 Å². The van der Waals surface area contributed by atoms with Crippen LogP contribution in [0.4, 0.5) is 0 Å². The fourth-order valence-corrected chi connectivity index (χ4v) is 3.16. The molecule has 1 amide bonds. The quantitative estimate of drug-likeness (QED) is 0.800. The number of aromatic nitrogens is 2. The molecule has 7 heteroatoms. The van der Waals surface area contributed by atoms with Gasteiger partial charge in [0.15, 0.2) is 5.69 Å². The molecular formula is C23H36N4O3. The van der Waals surface area contributed by atoms with E-state index in [0.29, 0.717) is 18.9 Å². The van der Waals surface area contributed by atoms with E-state index < -0.39 is 22.8 Å². The number of hydrogen-bond donors (Lipinski definition) is 2. The summed E-state index contributed by atoms with van der Waals surface area (Å²) in [6.45, 7) is 13.5. The van der Waals surface area contributed by atoms with Crippen molar-refractivity contribution in [3.63, 3.8) is 0 Å². The molecule has 1 aliphatic rings. The fraction of sp³-hybridized carbons (Fsp3) is 0.522. The van der Waals surface area contributed by atoms with Gasteiger partial charge in [0.25, 0.3) is 11.5 Å². The monoisotopic (exact) mass is 416 g/mol. The van der Waals surface area contributed by atoms with Gasteiger partial charge >= 0.3 is 0 Å². The fourth-order valence-electron chi connectivity index (χ4n) is 3.16. The Bertz CT molecular complexity index is 876. The number of benzene rings is 1. The molecule has 2 N–H and O–H groups in total. The summed E-state index contributed by atoms with van der Waals surface area (Å²) in [7, 11) is 1.96. The third-order valence-corrected chi connectivity index (χ3v) is 5.03. The van der Waals surface area contributed by atoms with Crippen molar-refractivity contribution < 1.29 is 9.90 Å². The molecule has 0 fully saturated rings. The van der Waals surface area contributed by atoms with E-state index in [1.165, 1.54) is 4.57 Å². The summed E-state index contributed by atoms with van der Waals surface area (Å²) < 4.78 is 1.48. The van der Waals surface area contributed by atoms with Crippen LogP contribution in [-0.4, -0.2) is 39.1 Å². The van der Waals surface area contributed by atoms with Crippen LogP contribution in [0, 0.1) is 0 Å². The highest BCUT2D eigenvalue weighted by atomic mass is 16.3. The Morgan fingerprint density at radius 1 is 1.13 bits per heavy atom. The minimum Gasteiger partial charge on any atom is -0.501 e. The third kappa shape index (κ3) is 5.48. The molecule has 7 nitrogen and oxygen atoms in total. The predicted molar refractivity (Wildman–Crippen MR) is 121 cm³/mol. The lowest BCUT2D eigenvalue weighted by Gasteiger charge is -2.33. The summed E-state index contributed by atoms with van der Waals surface area (Å²) in [5, 5.41) is 13.0. The third-order valence-electron chi connectivity index (χ3n) is 5.03. The standard InChI is InChI=1S/C19H24N4O3.2C2H6/c1-19(2)18-21-14(16(25)20-12-13-8-5-4-6-9-13)15(24)17(26)23(18)11-7-10-22(19)3;2*1-2/h4-6,8-9,24H,7,10-12H2,1-3H3,(H,20,25);2*1-2H3. The summed E-state index contributed by atoms with van der Waals surface area (Å²) in [4.78, 5) is 31.7. The number of nitrogens with one attached hydrogen (secondary N) is 1. The smallest absolute Gasteiger partial charge is 0.296 e. The second kappa shape index (κ2) is 11.5. The number of fused-ring (bicyclic) bond motifs is 1. The van der Waals surface area contributed by atoms with Gasteiger partial charge in [0.1, 0.15) is 5.82 Å². The molecule has 30 heavy (non-hydrogen) atoms. The van der Waals surface area contributed by atoms with E-state index in [1.54, 1.807) is 0 Å². The minimum absolute atomic E-state index is 0.222. The van der Waals surface area contributed by atoms with Crippen molar-refractivity contribution in [3.8, 4) is 5.75 Å². The van der Waals surface area contributed by atoms with E-state index in [9.17, 15) is 14.7 Å². The zero-order chi connectivity index (χ0) is 22.9. The van der Waals surface area contributed by atoms with E-state index >= 15 is 0 Å². The maximum Gasteiger partial charge on any atom is 0.296 e. The van der Waals surface area contributed by atoms with Gasteiger partial charge in [0, 0.05) is 19.6 Å². The molecule has 3 rings (SSSR count). The van der Waals surface area contributed by atoms with Crippen LogP contribution in [0.1, 0.15) is 69.8 Å². The van der Waals surface area contributed by atoms with Crippen LogP contribution in [0.5, 0.6) is 5.75 Å². The second-order valence-corrected chi connectivity index (χ2v) is 7.09. The van der Waals surface area contributed by atoms with Crippen molar-refractivity contribution in [1.29, 1.82) is 0 Å². The summed E-state index contributed by atoms with van der Waals surface area (Å²) in [6, 6.07) is 9.43. The number of aromatic hydroxyl groups is 1. The highest BCUT2D eigenvalue weighted by Crippen LogP contribution is 2.28. The Hall–Kier alpha value is -2.67. The zero-order valence-electron chi connectivity index (χ0n) is 19.3. The van der Waals surface area contributed by atoms with Gasteiger partial charge in [-0.3, -0.25) is 19.1 Å². The van der Waals surface area contributed by atoms with Gasteiger partial charge in [-0.15, -0.1) is 0 Å². The van der Waals surface area contributed by atoms with Gasteiger partial charge in [0.05, 0.1) is 5.54 Å². The number of nitrogens with zero attached hydrogens (tertiary/aromatic N) is 3. The Morgan fingerprint density at radius 2 is 1.73 bits per heavy atom. The lowest BCUT2D eigenvalue weighted by atomic mass is 10.0. The molecule has 1 aliphatic heterocycles. The number of carbonyl (C=O) groups is 1. The Kier molecular flexibility index (Phi) is 9.72. The van der Waals surface area contributed by atoms with Crippen LogP contribution in [0.25, 0.3) is 0 Å². The van der Waals surface area contributed by atoms with Crippen LogP contribution in [0.2, 0.25) is 0 Å². The topological polar surface area (TPSA) is 87.5 Å². The highest BCUT2D eigenvalue weighted by molar-refractivity contribution is 5.94. The zero-order valence-corrected chi connectivity index (χ0v) is 19.3. The summed E-state index contributed by atoms with van der Waals surface area (Å²) >= 11 is 0. The van der Waals surface area contributed by atoms with Crippen LogP contribution in [0.15, 0.2) is 35.1 Å². The predicted octanol–water partition coefficient (Wildman–Crippen LogP) is 3.50. The molecule has 0 aliphatic carbocycles. The molecule has 1 aromatic heterocycles. The van der Waals surface area contributed by atoms with Gasteiger partial charge in [-0.1, -0.05) is 58.0 Å². The summed E-state index contributed by atoms with van der Waals surface area (Å²) in [6.07, 6.45) is 0.771. The maximum atomic E-state index is 12.6. The lowest BCUT2D eigenvalue weighted by Crippen LogP contribution is -2.42. The van der Waals surface area contributed by atoms with E-state index in [-0.39, 0.29) is 5.69 Å². The average Bonchev–Trinajstić information content (AvgIpc) is 2.88. The van der Waals surface area contributed by atoms with Crippen molar-refractivity contribution in [2.24, 2.45) is 0 Å². The van der Waals surface area contributed by atoms with Gasteiger partial charge in [-0.25, -0.2) is 4.98 Å². The van der Waals surface area contributed by atoms with E-state index in [2.05, 4.69) is 15.2 Å². The molecule has 0 unspecified atom stereocenters. The summed E-state index contributed by atoms with van der Waals surface area (Å²) in [5.74, 6) is -0.667. The largest absolute Gasteiger partial charge is 0.501 e. The molecule has 0 atom stereocenters. The first-order chi connectivity index (χ1) is 14.3. The molecule has 0 saturated carbocycles. The Labute approximate surface area is 179 Å². The molecule has 0 bridgehead atoms. The molecule has 0 radical (unpaired) electrons. The maximum absolute atomic E-state index is 12.6. The van der Waals surface area contributed by atoms with Crippen molar-refractivity contribution in [2.45, 2.75) is 66.6 Å².